The highest BCUT2D eigenvalue weighted by molar-refractivity contribution is 5.56. The van der Waals surface area contributed by atoms with Gasteiger partial charge in [0.1, 0.15) is 0 Å². The van der Waals surface area contributed by atoms with Crippen LogP contribution in [0.1, 0.15) is 17.5 Å². The van der Waals surface area contributed by atoms with Crippen molar-refractivity contribution in [3.63, 3.8) is 0 Å². The van der Waals surface area contributed by atoms with Crippen LogP contribution in [-0.2, 0) is 13.0 Å². The summed E-state index contributed by atoms with van der Waals surface area (Å²) in [5, 5.41) is 3.13. The summed E-state index contributed by atoms with van der Waals surface area (Å²) >= 11 is 0. The molecule has 2 aromatic carbocycles. The van der Waals surface area contributed by atoms with Gasteiger partial charge in [-0.1, -0.05) is 12.1 Å². The predicted molar refractivity (Wildman–Crippen MR) is 81.7 cm³/mol. The van der Waals surface area contributed by atoms with Crippen molar-refractivity contribution in [1.82, 2.24) is 0 Å². The van der Waals surface area contributed by atoms with E-state index in [0.717, 1.165) is 24.6 Å². The first-order valence-electron chi connectivity index (χ1n) is 7.15. The molecule has 110 valence electrons. The monoisotopic (exact) mass is 288 g/mol. The van der Waals surface area contributed by atoms with E-state index < -0.39 is 11.6 Å². The van der Waals surface area contributed by atoms with Crippen molar-refractivity contribution in [1.29, 1.82) is 0 Å². The summed E-state index contributed by atoms with van der Waals surface area (Å²) in [4.78, 5) is 2.27. The minimum atomic E-state index is -0.827. The molecule has 0 saturated heterocycles. The van der Waals surface area contributed by atoms with E-state index >= 15 is 0 Å². The number of hydrogen-bond donors (Lipinski definition) is 1. The Labute approximate surface area is 123 Å². The van der Waals surface area contributed by atoms with Crippen molar-refractivity contribution in [2.45, 2.75) is 19.4 Å². The highest BCUT2D eigenvalue weighted by Crippen LogP contribution is 2.27. The van der Waals surface area contributed by atoms with Crippen LogP contribution >= 0.6 is 0 Å². The topological polar surface area (TPSA) is 15.3 Å². The zero-order chi connectivity index (χ0) is 14.8. The number of nitrogens with zero attached hydrogens (tertiary/aromatic N) is 1. The van der Waals surface area contributed by atoms with E-state index in [1.807, 2.05) is 0 Å². The summed E-state index contributed by atoms with van der Waals surface area (Å²) in [6, 6.07) is 10.3. The van der Waals surface area contributed by atoms with Crippen molar-refractivity contribution < 1.29 is 8.78 Å². The Hall–Kier alpha value is -2.10. The first-order chi connectivity index (χ1) is 10.1. The Balaban J connectivity index is 1.72. The van der Waals surface area contributed by atoms with E-state index in [4.69, 9.17) is 0 Å². The minimum Gasteiger partial charge on any atom is -0.381 e. The Morgan fingerprint density at radius 3 is 2.76 bits per heavy atom. The molecule has 0 unspecified atom stereocenters. The molecule has 1 aliphatic rings. The lowest BCUT2D eigenvalue weighted by atomic mass is 9.99. The van der Waals surface area contributed by atoms with E-state index in [-0.39, 0.29) is 0 Å². The van der Waals surface area contributed by atoms with Gasteiger partial charge in [-0.2, -0.15) is 0 Å². The largest absolute Gasteiger partial charge is 0.381 e. The second kappa shape index (κ2) is 5.72. The maximum atomic E-state index is 13.2. The first-order valence-corrected chi connectivity index (χ1v) is 7.15. The fourth-order valence-electron chi connectivity index (χ4n) is 2.76. The highest BCUT2D eigenvalue weighted by atomic mass is 19.2. The van der Waals surface area contributed by atoms with Crippen LogP contribution in [0.2, 0.25) is 0 Å². The molecule has 0 aromatic heterocycles. The molecule has 0 fully saturated rings. The summed E-state index contributed by atoms with van der Waals surface area (Å²) in [5.41, 5.74) is 4.38. The van der Waals surface area contributed by atoms with E-state index in [1.54, 1.807) is 6.07 Å². The molecule has 0 amide bonds. The van der Waals surface area contributed by atoms with Crippen molar-refractivity contribution in [3.05, 3.63) is 59.2 Å². The van der Waals surface area contributed by atoms with Gasteiger partial charge in [0.05, 0.1) is 0 Å². The number of anilines is 2. The zero-order valence-corrected chi connectivity index (χ0v) is 12.0. The lowest BCUT2D eigenvalue weighted by molar-refractivity contribution is 0.509. The van der Waals surface area contributed by atoms with E-state index in [1.165, 1.54) is 23.7 Å². The van der Waals surface area contributed by atoms with Gasteiger partial charge in [0, 0.05) is 37.6 Å². The third kappa shape index (κ3) is 2.99. The third-order valence-corrected chi connectivity index (χ3v) is 3.91. The SMILES string of the molecule is CN1CCCc2cc(CNc3ccc(F)c(F)c3)ccc21. The minimum absolute atomic E-state index is 0.587. The molecular weight excluding hydrogens is 270 g/mol. The molecule has 3 rings (SSSR count). The predicted octanol–water partition coefficient (Wildman–Crippen LogP) is 3.96. The number of benzene rings is 2. The number of nitrogens with one attached hydrogen (secondary N) is 1. The number of hydrogen-bond acceptors (Lipinski definition) is 2. The molecular formula is C17H18F2N2. The van der Waals surface area contributed by atoms with Gasteiger partial charge in [0.15, 0.2) is 11.6 Å². The molecule has 0 bridgehead atoms. The van der Waals surface area contributed by atoms with Crippen LogP contribution in [0.3, 0.4) is 0 Å². The van der Waals surface area contributed by atoms with Crippen molar-refractivity contribution in [3.8, 4) is 0 Å². The highest BCUT2D eigenvalue weighted by Gasteiger charge is 2.13. The van der Waals surface area contributed by atoms with Gasteiger partial charge in [-0.05, 0) is 42.2 Å². The number of fused-ring (bicyclic) bond motifs is 1. The second-order valence-electron chi connectivity index (χ2n) is 5.47. The number of halogens is 2. The molecule has 21 heavy (non-hydrogen) atoms. The van der Waals surface area contributed by atoms with E-state index in [2.05, 4.69) is 35.5 Å². The van der Waals surface area contributed by atoms with Crippen LogP contribution in [0.5, 0.6) is 0 Å². The third-order valence-electron chi connectivity index (χ3n) is 3.91. The van der Waals surface area contributed by atoms with Crippen molar-refractivity contribution in [2.24, 2.45) is 0 Å². The van der Waals surface area contributed by atoms with Crippen LogP contribution < -0.4 is 10.2 Å². The molecule has 0 atom stereocenters. The summed E-state index contributed by atoms with van der Waals surface area (Å²) in [7, 11) is 2.11. The Morgan fingerprint density at radius 1 is 1.10 bits per heavy atom. The van der Waals surface area contributed by atoms with E-state index in [9.17, 15) is 8.78 Å². The molecule has 0 radical (unpaired) electrons. The Kier molecular flexibility index (Phi) is 3.78. The van der Waals surface area contributed by atoms with Crippen molar-refractivity contribution >= 4 is 11.4 Å². The van der Waals surface area contributed by atoms with Crippen LogP contribution in [0.15, 0.2) is 36.4 Å². The Morgan fingerprint density at radius 2 is 1.95 bits per heavy atom. The van der Waals surface area contributed by atoms with E-state index in [0.29, 0.717) is 12.2 Å². The Bertz CT molecular complexity index is 655. The molecule has 1 aliphatic heterocycles. The fraction of sp³-hybridized carbons (Fsp3) is 0.294. The number of aryl methyl sites for hydroxylation is 1. The lowest BCUT2D eigenvalue weighted by Crippen LogP contribution is -2.24. The number of rotatable bonds is 3. The molecule has 0 spiro atoms. The van der Waals surface area contributed by atoms with Crippen LogP contribution in [0.4, 0.5) is 20.2 Å². The van der Waals surface area contributed by atoms with Crippen molar-refractivity contribution in [2.75, 3.05) is 23.8 Å². The van der Waals surface area contributed by atoms with Crippen LogP contribution in [0, 0.1) is 11.6 Å². The average Bonchev–Trinajstić information content (AvgIpc) is 2.49. The molecule has 1 N–H and O–H groups in total. The van der Waals surface area contributed by atoms with Gasteiger partial charge in [-0.3, -0.25) is 0 Å². The second-order valence-corrected chi connectivity index (χ2v) is 5.47. The van der Waals surface area contributed by atoms with Crippen LogP contribution in [0.25, 0.3) is 0 Å². The molecule has 1 heterocycles. The molecule has 2 aromatic rings. The smallest absolute Gasteiger partial charge is 0.160 e. The lowest BCUT2D eigenvalue weighted by Gasteiger charge is -2.27. The van der Waals surface area contributed by atoms with Gasteiger partial charge in [-0.15, -0.1) is 0 Å². The first kappa shape index (κ1) is 13.9. The van der Waals surface area contributed by atoms with Crippen LogP contribution in [-0.4, -0.2) is 13.6 Å². The molecule has 2 nitrogen and oxygen atoms in total. The standard InChI is InChI=1S/C17H18F2N2/c1-21-8-2-3-13-9-12(4-7-17(13)21)11-20-14-5-6-15(18)16(19)10-14/h4-7,9-10,20H,2-3,8,11H2,1H3. The van der Waals surface area contributed by atoms with Gasteiger partial charge in [0.2, 0.25) is 0 Å². The normalized spacial score (nSPS) is 14.0. The summed E-state index contributed by atoms with van der Waals surface area (Å²) < 4.78 is 26.0. The summed E-state index contributed by atoms with van der Waals surface area (Å²) in [6.07, 6.45) is 2.27. The van der Waals surface area contributed by atoms with Gasteiger partial charge in [0.25, 0.3) is 0 Å². The quantitative estimate of drug-likeness (QED) is 0.919. The molecule has 0 saturated carbocycles. The average molecular weight is 288 g/mol. The summed E-state index contributed by atoms with van der Waals surface area (Å²) in [6.45, 7) is 1.70. The summed E-state index contributed by atoms with van der Waals surface area (Å²) in [5.74, 6) is -1.65. The molecule has 4 heteroatoms. The zero-order valence-electron chi connectivity index (χ0n) is 12.0. The maximum absolute atomic E-state index is 13.2. The fourth-order valence-corrected chi connectivity index (χ4v) is 2.76. The molecule has 0 aliphatic carbocycles. The maximum Gasteiger partial charge on any atom is 0.160 e. The van der Waals surface area contributed by atoms with Gasteiger partial charge < -0.3 is 10.2 Å². The van der Waals surface area contributed by atoms with Gasteiger partial charge in [-0.25, -0.2) is 8.78 Å². The van der Waals surface area contributed by atoms with Gasteiger partial charge >= 0.3 is 0 Å².